The van der Waals surface area contributed by atoms with Crippen molar-refractivity contribution in [1.82, 2.24) is 0 Å². The zero-order valence-corrected chi connectivity index (χ0v) is 11.4. The molecule has 1 aromatic rings. The Labute approximate surface area is 115 Å². The second-order valence-electron chi connectivity index (χ2n) is 5.70. The molecule has 2 aliphatic rings. The Balaban J connectivity index is 1.77. The Bertz CT molecular complexity index is 452. The van der Waals surface area contributed by atoms with Gasteiger partial charge in [-0.05, 0) is 37.3 Å². The van der Waals surface area contributed by atoms with Gasteiger partial charge in [-0.25, -0.2) is 0 Å². The SMILES string of the molecule is O=C(CC1CCCC1)N1CCCNc2ccccc21. The Kier molecular flexibility index (Phi) is 3.72. The fraction of sp³-hybridized carbons (Fsp3) is 0.562. The molecule has 3 nitrogen and oxygen atoms in total. The summed E-state index contributed by atoms with van der Waals surface area (Å²) in [5.74, 6) is 0.930. The van der Waals surface area contributed by atoms with Gasteiger partial charge in [-0.2, -0.15) is 0 Å². The summed E-state index contributed by atoms with van der Waals surface area (Å²) in [5, 5.41) is 3.41. The summed E-state index contributed by atoms with van der Waals surface area (Å²) >= 11 is 0. The van der Waals surface area contributed by atoms with E-state index in [1.165, 1.54) is 25.7 Å². The molecule has 0 spiro atoms. The quantitative estimate of drug-likeness (QED) is 0.881. The van der Waals surface area contributed by atoms with Crippen LogP contribution in [0.15, 0.2) is 24.3 Å². The van der Waals surface area contributed by atoms with Gasteiger partial charge in [-0.15, -0.1) is 0 Å². The first-order chi connectivity index (χ1) is 9.34. The molecule has 1 amide bonds. The standard InChI is InChI=1S/C16H22N2O/c19-16(12-13-6-1-2-7-13)18-11-5-10-17-14-8-3-4-9-15(14)18/h3-4,8-9,13,17H,1-2,5-7,10-12H2. The average Bonchev–Trinajstić information content (AvgIpc) is 2.83. The highest BCUT2D eigenvalue weighted by Crippen LogP contribution is 2.32. The van der Waals surface area contributed by atoms with Gasteiger partial charge in [-0.3, -0.25) is 4.79 Å². The monoisotopic (exact) mass is 258 g/mol. The van der Waals surface area contributed by atoms with Gasteiger partial charge in [0.15, 0.2) is 0 Å². The van der Waals surface area contributed by atoms with Crippen LogP contribution >= 0.6 is 0 Å². The van der Waals surface area contributed by atoms with Crippen molar-refractivity contribution in [3.63, 3.8) is 0 Å². The Morgan fingerprint density at radius 1 is 1.21 bits per heavy atom. The number of fused-ring (bicyclic) bond motifs is 1. The van der Waals surface area contributed by atoms with Crippen molar-refractivity contribution in [1.29, 1.82) is 0 Å². The highest BCUT2D eigenvalue weighted by atomic mass is 16.2. The van der Waals surface area contributed by atoms with E-state index in [0.29, 0.717) is 11.8 Å². The first-order valence-electron chi connectivity index (χ1n) is 7.48. The van der Waals surface area contributed by atoms with Crippen molar-refractivity contribution < 1.29 is 4.79 Å². The van der Waals surface area contributed by atoms with E-state index in [2.05, 4.69) is 17.4 Å². The lowest BCUT2D eigenvalue weighted by Gasteiger charge is -2.23. The molecule has 1 heterocycles. The molecule has 1 saturated carbocycles. The van der Waals surface area contributed by atoms with E-state index in [-0.39, 0.29) is 0 Å². The Morgan fingerprint density at radius 3 is 2.84 bits per heavy atom. The minimum atomic E-state index is 0.308. The van der Waals surface area contributed by atoms with Crippen LogP contribution in [0.4, 0.5) is 11.4 Å². The molecule has 0 unspecified atom stereocenters. The van der Waals surface area contributed by atoms with Crippen LogP contribution in [-0.2, 0) is 4.79 Å². The van der Waals surface area contributed by atoms with Crippen molar-refractivity contribution in [2.45, 2.75) is 38.5 Å². The van der Waals surface area contributed by atoms with Crippen LogP contribution in [0, 0.1) is 5.92 Å². The number of carbonyl (C=O) groups excluding carboxylic acids is 1. The zero-order chi connectivity index (χ0) is 13.1. The van der Waals surface area contributed by atoms with E-state index >= 15 is 0 Å². The third kappa shape index (κ3) is 2.75. The molecule has 3 heteroatoms. The first-order valence-corrected chi connectivity index (χ1v) is 7.48. The first kappa shape index (κ1) is 12.5. The van der Waals surface area contributed by atoms with Crippen LogP contribution in [0.1, 0.15) is 38.5 Å². The molecule has 102 valence electrons. The number of nitrogens with one attached hydrogen (secondary N) is 1. The van der Waals surface area contributed by atoms with E-state index in [9.17, 15) is 4.79 Å². The molecule has 1 N–H and O–H groups in total. The molecule has 1 fully saturated rings. The predicted molar refractivity (Wildman–Crippen MR) is 78.5 cm³/mol. The summed E-state index contributed by atoms with van der Waals surface area (Å²) in [6.45, 7) is 1.79. The second kappa shape index (κ2) is 5.64. The van der Waals surface area contributed by atoms with E-state index < -0.39 is 0 Å². The summed E-state index contributed by atoms with van der Waals surface area (Å²) < 4.78 is 0. The smallest absolute Gasteiger partial charge is 0.227 e. The minimum absolute atomic E-state index is 0.308. The maximum absolute atomic E-state index is 12.6. The number of amides is 1. The molecule has 0 bridgehead atoms. The van der Waals surface area contributed by atoms with Crippen molar-refractivity contribution in [2.75, 3.05) is 23.3 Å². The Hall–Kier alpha value is -1.51. The molecule has 1 aliphatic carbocycles. The van der Waals surface area contributed by atoms with Crippen molar-refractivity contribution in [2.24, 2.45) is 5.92 Å². The third-order valence-electron chi connectivity index (χ3n) is 4.31. The molecule has 0 atom stereocenters. The lowest BCUT2D eigenvalue weighted by atomic mass is 10.0. The third-order valence-corrected chi connectivity index (χ3v) is 4.31. The van der Waals surface area contributed by atoms with Crippen LogP contribution in [0.3, 0.4) is 0 Å². The number of nitrogens with zero attached hydrogens (tertiary/aromatic N) is 1. The predicted octanol–water partition coefficient (Wildman–Crippen LogP) is 3.42. The number of hydrogen-bond donors (Lipinski definition) is 1. The second-order valence-corrected chi connectivity index (χ2v) is 5.70. The molecule has 0 aromatic heterocycles. The van der Waals surface area contributed by atoms with Gasteiger partial charge in [0.25, 0.3) is 0 Å². The van der Waals surface area contributed by atoms with Crippen molar-refractivity contribution in [3.05, 3.63) is 24.3 Å². The molecule has 1 aliphatic heterocycles. The topological polar surface area (TPSA) is 32.3 Å². The highest BCUT2D eigenvalue weighted by Gasteiger charge is 2.25. The Morgan fingerprint density at radius 2 is 2.00 bits per heavy atom. The van der Waals surface area contributed by atoms with Gasteiger partial charge >= 0.3 is 0 Å². The average molecular weight is 258 g/mol. The van der Waals surface area contributed by atoms with Gasteiger partial charge in [0, 0.05) is 19.5 Å². The number of anilines is 2. The number of rotatable bonds is 2. The minimum Gasteiger partial charge on any atom is -0.383 e. The number of carbonyl (C=O) groups is 1. The van der Waals surface area contributed by atoms with E-state index in [4.69, 9.17) is 0 Å². The summed E-state index contributed by atoms with van der Waals surface area (Å²) in [6.07, 6.45) is 6.82. The normalized spacial score (nSPS) is 19.7. The maximum atomic E-state index is 12.6. The van der Waals surface area contributed by atoms with Crippen LogP contribution in [0.25, 0.3) is 0 Å². The van der Waals surface area contributed by atoms with Gasteiger partial charge < -0.3 is 10.2 Å². The van der Waals surface area contributed by atoms with Crippen LogP contribution in [0.2, 0.25) is 0 Å². The van der Waals surface area contributed by atoms with Gasteiger partial charge in [-0.1, -0.05) is 25.0 Å². The maximum Gasteiger partial charge on any atom is 0.227 e. The number of para-hydroxylation sites is 2. The van der Waals surface area contributed by atoms with Crippen LogP contribution in [0.5, 0.6) is 0 Å². The van der Waals surface area contributed by atoms with Crippen molar-refractivity contribution >= 4 is 17.3 Å². The number of benzene rings is 1. The lowest BCUT2D eigenvalue weighted by Crippen LogP contribution is -2.32. The summed E-state index contributed by atoms with van der Waals surface area (Å²) in [5.41, 5.74) is 2.16. The fourth-order valence-corrected chi connectivity index (χ4v) is 3.27. The fourth-order valence-electron chi connectivity index (χ4n) is 3.27. The lowest BCUT2D eigenvalue weighted by molar-refractivity contribution is -0.119. The van der Waals surface area contributed by atoms with Crippen LogP contribution < -0.4 is 10.2 Å². The van der Waals surface area contributed by atoms with E-state index in [1.54, 1.807) is 0 Å². The molecular weight excluding hydrogens is 236 g/mol. The van der Waals surface area contributed by atoms with Gasteiger partial charge in [0.05, 0.1) is 11.4 Å². The van der Waals surface area contributed by atoms with E-state index in [0.717, 1.165) is 37.3 Å². The zero-order valence-electron chi connectivity index (χ0n) is 11.4. The summed E-state index contributed by atoms with van der Waals surface area (Å²) in [4.78, 5) is 14.6. The largest absolute Gasteiger partial charge is 0.383 e. The number of hydrogen-bond acceptors (Lipinski definition) is 2. The summed E-state index contributed by atoms with van der Waals surface area (Å²) in [7, 11) is 0. The molecular formula is C16H22N2O. The highest BCUT2D eigenvalue weighted by molar-refractivity contribution is 5.97. The van der Waals surface area contributed by atoms with Gasteiger partial charge in [0.1, 0.15) is 0 Å². The van der Waals surface area contributed by atoms with Gasteiger partial charge in [0.2, 0.25) is 5.91 Å². The molecule has 0 saturated heterocycles. The molecule has 19 heavy (non-hydrogen) atoms. The molecule has 3 rings (SSSR count). The molecule has 0 radical (unpaired) electrons. The van der Waals surface area contributed by atoms with E-state index in [1.807, 2.05) is 17.0 Å². The molecule has 1 aromatic carbocycles. The summed E-state index contributed by atoms with van der Waals surface area (Å²) in [6, 6.07) is 8.16. The van der Waals surface area contributed by atoms with Crippen molar-refractivity contribution in [3.8, 4) is 0 Å². The van der Waals surface area contributed by atoms with Crippen LogP contribution in [-0.4, -0.2) is 19.0 Å².